The molecular formula is C16H19N5O6. The van der Waals surface area contributed by atoms with Gasteiger partial charge in [-0.1, -0.05) is 12.1 Å². The molecule has 1 saturated heterocycles. The highest BCUT2D eigenvalue weighted by molar-refractivity contribution is 5.95. The number of hydrogen-bond acceptors (Lipinski definition) is 7. The van der Waals surface area contributed by atoms with E-state index in [0.717, 1.165) is 5.56 Å². The van der Waals surface area contributed by atoms with E-state index in [2.05, 4.69) is 15.4 Å². The molecule has 3 N–H and O–H groups in total. The first-order chi connectivity index (χ1) is 12.8. The van der Waals surface area contributed by atoms with E-state index in [0.29, 0.717) is 11.4 Å². The Morgan fingerprint density at radius 3 is 2.41 bits per heavy atom. The Hall–Kier alpha value is -3.34. The van der Waals surface area contributed by atoms with Gasteiger partial charge in [0.15, 0.2) is 0 Å². The van der Waals surface area contributed by atoms with E-state index in [1.165, 1.54) is 9.70 Å². The monoisotopic (exact) mass is 377 g/mol. The molecule has 1 aliphatic rings. The number of aliphatic hydroxyl groups is 1. The van der Waals surface area contributed by atoms with Crippen LogP contribution in [0.5, 0.6) is 0 Å². The summed E-state index contributed by atoms with van der Waals surface area (Å²) in [5, 5.41) is 37.4. The number of rotatable bonds is 4. The summed E-state index contributed by atoms with van der Waals surface area (Å²) in [6, 6.07) is 6.77. The summed E-state index contributed by atoms with van der Waals surface area (Å²) in [4.78, 5) is 34.5. The molecule has 1 aromatic carbocycles. The number of aliphatic carboxylic acids is 1. The highest BCUT2D eigenvalue weighted by atomic mass is 16.4. The predicted molar refractivity (Wildman–Crippen MR) is 90.6 cm³/mol. The Kier molecular flexibility index (Phi) is 6.55. The van der Waals surface area contributed by atoms with Crippen molar-refractivity contribution in [2.45, 2.75) is 12.5 Å². The second kappa shape index (κ2) is 8.85. The fourth-order valence-corrected chi connectivity index (χ4v) is 2.79. The molecule has 27 heavy (non-hydrogen) atoms. The van der Waals surface area contributed by atoms with Gasteiger partial charge in [0.25, 0.3) is 12.4 Å². The lowest BCUT2D eigenvalue weighted by Crippen LogP contribution is -2.29. The quantitative estimate of drug-likeness (QED) is 0.596. The summed E-state index contributed by atoms with van der Waals surface area (Å²) in [5.41, 5.74) is 1.20. The van der Waals surface area contributed by atoms with Gasteiger partial charge in [-0.3, -0.25) is 14.4 Å². The van der Waals surface area contributed by atoms with Crippen LogP contribution in [-0.2, 0) is 16.6 Å². The zero-order valence-electron chi connectivity index (χ0n) is 14.5. The smallest absolute Gasteiger partial charge is 0.303 e. The topological polar surface area (TPSA) is 159 Å². The molecule has 2 aromatic rings. The summed E-state index contributed by atoms with van der Waals surface area (Å²) in [7, 11) is 1.67. The Labute approximate surface area is 153 Å². The molecule has 1 amide bonds. The van der Waals surface area contributed by atoms with E-state index in [1.54, 1.807) is 31.3 Å². The molecular weight excluding hydrogens is 358 g/mol. The molecule has 2 heterocycles. The minimum Gasteiger partial charge on any atom is -0.483 e. The first-order valence-corrected chi connectivity index (χ1v) is 7.97. The third kappa shape index (κ3) is 5.07. The second-order valence-corrected chi connectivity index (χ2v) is 5.92. The molecule has 2 atom stereocenters. The summed E-state index contributed by atoms with van der Waals surface area (Å²) >= 11 is 0. The maximum Gasteiger partial charge on any atom is 0.303 e. The van der Waals surface area contributed by atoms with E-state index < -0.39 is 18.0 Å². The molecule has 0 aliphatic carbocycles. The predicted octanol–water partition coefficient (Wildman–Crippen LogP) is -0.514. The van der Waals surface area contributed by atoms with Crippen LogP contribution in [0.25, 0.3) is 11.4 Å². The van der Waals surface area contributed by atoms with Crippen molar-refractivity contribution in [3.05, 3.63) is 29.8 Å². The number of tetrazole rings is 1. The standard InChI is InChI=1S/C15H17N5O4.CH2O2/c1-19-17-14(16-18-19)9-2-4-10(5-3-9)15(24)20-7-11(6-13(22)23)12(21)8-20;2-1-3/h2-5,11-12,21H,6-8H2,1H3,(H,22,23);1H,(H,2,3)/t11-,12-;/m1./s1. The van der Waals surface area contributed by atoms with Gasteiger partial charge in [0, 0.05) is 30.1 Å². The van der Waals surface area contributed by atoms with E-state index in [9.17, 15) is 14.7 Å². The van der Waals surface area contributed by atoms with Crippen LogP contribution in [0.4, 0.5) is 0 Å². The number of hydrogen-bond donors (Lipinski definition) is 3. The lowest BCUT2D eigenvalue weighted by atomic mass is 10.0. The van der Waals surface area contributed by atoms with Crippen LogP contribution >= 0.6 is 0 Å². The van der Waals surface area contributed by atoms with E-state index >= 15 is 0 Å². The summed E-state index contributed by atoms with van der Waals surface area (Å²) in [5.74, 6) is -1.18. The third-order valence-electron chi connectivity index (χ3n) is 4.03. The lowest BCUT2D eigenvalue weighted by Gasteiger charge is -2.16. The van der Waals surface area contributed by atoms with Crippen LogP contribution in [0, 0.1) is 5.92 Å². The fourth-order valence-electron chi connectivity index (χ4n) is 2.79. The lowest BCUT2D eigenvalue weighted by molar-refractivity contribution is -0.138. The minimum atomic E-state index is -0.978. The fraction of sp³-hybridized carbons (Fsp3) is 0.375. The number of aliphatic hydroxyl groups excluding tert-OH is 1. The van der Waals surface area contributed by atoms with Crippen LogP contribution in [0.3, 0.4) is 0 Å². The highest BCUT2D eigenvalue weighted by Gasteiger charge is 2.35. The van der Waals surface area contributed by atoms with Crippen molar-refractivity contribution in [3.63, 3.8) is 0 Å². The van der Waals surface area contributed by atoms with Crippen LogP contribution in [-0.4, -0.2) is 78.0 Å². The van der Waals surface area contributed by atoms with Gasteiger partial charge in [0.1, 0.15) is 0 Å². The van der Waals surface area contributed by atoms with Crippen molar-refractivity contribution in [2.24, 2.45) is 13.0 Å². The van der Waals surface area contributed by atoms with E-state index in [-0.39, 0.29) is 31.9 Å². The van der Waals surface area contributed by atoms with Crippen LogP contribution in [0.2, 0.25) is 0 Å². The number of carbonyl (C=O) groups is 3. The SMILES string of the molecule is Cn1nnc(-c2ccc(C(=O)N3C[C@@H](CC(=O)O)[C@H](O)C3)cc2)n1.O=CO. The average Bonchev–Trinajstić information content (AvgIpc) is 3.21. The normalized spacial score (nSPS) is 18.5. The first kappa shape index (κ1) is 20.0. The molecule has 1 fully saturated rings. The molecule has 144 valence electrons. The van der Waals surface area contributed by atoms with E-state index in [4.69, 9.17) is 15.0 Å². The van der Waals surface area contributed by atoms with Crippen LogP contribution in [0.15, 0.2) is 24.3 Å². The summed E-state index contributed by atoms with van der Waals surface area (Å²) in [6.07, 6.45) is -0.962. The maximum atomic E-state index is 12.5. The van der Waals surface area contributed by atoms with Gasteiger partial charge < -0.3 is 20.2 Å². The van der Waals surface area contributed by atoms with Crippen molar-refractivity contribution in [3.8, 4) is 11.4 Å². The first-order valence-electron chi connectivity index (χ1n) is 7.97. The van der Waals surface area contributed by atoms with Crippen LogP contribution in [0.1, 0.15) is 16.8 Å². The number of β-amino-alcohol motifs (C(OH)–C–C–N with tert-alkyl or cyclic N) is 1. The minimum absolute atomic E-state index is 0.143. The van der Waals surface area contributed by atoms with Gasteiger partial charge in [0.2, 0.25) is 5.82 Å². The number of aryl methyl sites for hydroxylation is 1. The van der Waals surface area contributed by atoms with Gasteiger partial charge in [-0.05, 0) is 17.3 Å². The van der Waals surface area contributed by atoms with Gasteiger partial charge >= 0.3 is 5.97 Å². The molecule has 0 bridgehead atoms. The molecule has 0 radical (unpaired) electrons. The second-order valence-electron chi connectivity index (χ2n) is 5.92. The number of amides is 1. The van der Waals surface area contributed by atoms with Crippen molar-refractivity contribution in [2.75, 3.05) is 13.1 Å². The highest BCUT2D eigenvalue weighted by Crippen LogP contribution is 2.23. The average molecular weight is 377 g/mol. The van der Waals surface area contributed by atoms with Gasteiger partial charge in [-0.2, -0.15) is 4.80 Å². The molecule has 1 aliphatic heterocycles. The molecule has 0 spiro atoms. The number of nitrogens with zero attached hydrogens (tertiary/aromatic N) is 5. The molecule has 3 rings (SSSR count). The van der Waals surface area contributed by atoms with Gasteiger partial charge in [0.05, 0.1) is 19.6 Å². The number of carboxylic acids is 1. The number of benzene rings is 1. The maximum absolute atomic E-state index is 12.5. The zero-order chi connectivity index (χ0) is 20.0. The number of likely N-dealkylation sites (tertiary alicyclic amines) is 1. The summed E-state index contributed by atoms with van der Waals surface area (Å²) in [6.45, 7) is 0.129. The van der Waals surface area contributed by atoms with Crippen molar-refractivity contribution >= 4 is 18.3 Å². The Bertz CT molecular complexity index is 806. The molecule has 0 saturated carbocycles. The molecule has 0 unspecified atom stereocenters. The van der Waals surface area contributed by atoms with Crippen molar-refractivity contribution < 1.29 is 29.7 Å². The number of carboxylic acid groups (broad SMARTS) is 2. The van der Waals surface area contributed by atoms with Crippen molar-refractivity contribution in [1.29, 1.82) is 0 Å². The Morgan fingerprint density at radius 2 is 1.89 bits per heavy atom. The Balaban J connectivity index is 0.000000817. The molecule has 1 aromatic heterocycles. The molecule has 11 heteroatoms. The van der Waals surface area contributed by atoms with E-state index in [1.807, 2.05) is 0 Å². The summed E-state index contributed by atoms with van der Waals surface area (Å²) < 4.78 is 0. The number of carbonyl (C=O) groups excluding carboxylic acids is 1. The van der Waals surface area contributed by atoms with Gasteiger partial charge in [-0.25, -0.2) is 0 Å². The van der Waals surface area contributed by atoms with Crippen LogP contribution < -0.4 is 0 Å². The van der Waals surface area contributed by atoms with Crippen molar-refractivity contribution in [1.82, 2.24) is 25.1 Å². The number of aromatic nitrogens is 4. The Morgan fingerprint density at radius 1 is 1.26 bits per heavy atom. The largest absolute Gasteiger partial charge is 0.483 e. The van der Waals surface area contributed by atoms with Gasteiger partial charge in [-0.15, -0.1) is 10.2 Å². The third-order valence-corrected chi connectivity index (χ3v) is 4.03. The zero-order valence-corrected chi connectivity index (χ0v) is 14.5. The molecule has 11 nitrogen and oxygen atoms in total.